The van der Waals surface area contributed by atoms with E-state index >= 15 is 0 Å². The van der Waals surface area contributed by atoms with Gasteiger partial charge in [0.05, 0.1) is 6.61 Å². The Bertz CT molecular complexity index is 1340. The number of carbonyl (C=O) groups excluding carboxylic acids is 3. The van der Waals surface area contributed by atoms with Gasteiger partial charge in [-0.15, -0.1) is 6.58 Å². The maximum atomic E-state index is 13.9. The van der Waals surface area contributed by atoms with Gasteiger partial charge in [0.2, 0.25) is 5.91 Å². The van der Waals surface area contributed by atoms with Gasteiger partial charge >= 0.3 is 6.09 Å². The number of aliphatic hydroxyl groups is 1. The molecule has 0 aliphatic rings. The number of hydrogen-bond acceptors (Lipinski definition) is 5. The van der Waals surface area contributed by atoms with E-state index in [4.69, 9.17) is 4.74 Å². The maximum absolute atomic E-state index is 13.9. The Morgan fingerprint density at radius 2 is 1.64 bits per heavy atom. The number of fused-ring (bicyclic) bond motifs is 1. The molecular formula is C31H37N3O5. The Kier molecular flexibility index (Phi) is 9.48. The fourth-order valence-corrected chi connectivity index (χ4v) is 4.42. The zero-order valence-corrected chi connectivity index (χ0v) is 23.2. The predicted molar refractivity (Wildman–Crippen MR) is 153 cm³/mol. The Hall–Kier alpha value is -4.17. The van der Waals surface area contributed by atoms with E-state index in [0.717, 1.165) is 21.9 Å². The molecule has 3 aromatic rings. The fourth-order valence-electron chi connectivity index (χ4n) is 4.42. The number of nitrogens with one attached hydrogen (secondary N) is 2. The second-order valence-electron chi connectivity index (χ2n) is 10.5. The predicted octanol–water partition coefficient (Wildman–Crippen LogP) is 5.04. The number of amides is 3. The van der Waals surface area contributed by atoms with Crippen LogP contribution in [0.25, 0.3) is 10.8 Å². The molecule has 0 heterocycles. The highest BCUT2D eigenvalue weighted by molar-refractivity contribution is 6.00. The van der Waals surface area contributed by atoms with Crippen molar-refractivity contribution in [2.45, 2.75) is 52.3 Å². The van der Waals surface area contributed by atoms with Crippen LogP contribution in [-0.2, 0) is 14.3 Å². The zero-order chi connectivity index (χ0) is 28.7. The monoisotopic (exact) mass is 531 g/mol. The van der Waals surface area contributed by atoms with E-state index in [-0.39, 0.29) is 6.54 Å². The van der Waals surface area contributed by atoms with E-state index in [1.54, 1.807) is 26.8 Å². The molecule has 0 radical (unpaired) electrons. The number of anilines is 1. The standard InChI is InChI=1S/C31H37N3O5/c1-7-14-34(29(37)26(19-35)33-30(38)39-31(4,5)6)27(24-16-20(2)15-21(3)17-24)28(36)32-25-13-12-22-10-8-9-11-23(22)18-25/h7-13,15-18,26-27,35H,1,14,19H2,2-6H3,(H,32,36)(H,33,38). The van der Waals surface area contributed by atoms with Crippen LogP contribution in [0.5, 0.6) is 0 Å². The minimum absolute atomic E-state index is 0.00583. The summed E-state index contributed by atoms with van der Waals surface area (Å²) < 4.78 is 5.27. The topological polar surface area (TPSA) is 108 Å². The van der Waals surface area contributed by atoms with Gasteiger partial charge in [-0.3, -0.25) is 9.59 Å². The van der Waals surface area contributed by atoms with Crippen molar-refractivity contribution in [2.75, 3.05) is 18.5 Å². The molecule has 0 spiro atoms. The lowest BCUT2D eigenvalue weighted by molar-refractivity contribution is -0.140. The summed E-state index contributed by atoms with van der Waals surface area (Å²) in [6.07, 6.45) is 0.649. The maximum Gasteiger partial charge on any atom is 0.408 e. The number of ether oxygens (including phenoxy) is 1. The molecule has 0 aliphatic heterocycles. The van der Waals surface area contributed by atoms with Crippen LogP contribution in [0, 0.1) is 13.8 Å². The molecule has 3 N–H and O–H groups in total. The average Bonchev–Trinajstić information content (AvgIpc) is 2.85. The van der Waals surface area contributed by atoms with Crippen LogP contribution in [-0.4, -0.2) is 52.7 Å². The van der Waals surface area contributed by atoms with Crippen molar-refractivity contribution >= 4 is 34.4 Å². The van der Waals surface area contributed by atoms with E-state index < -0.39 is 42.2 Å². The third-order valence-corrected chi connectivity index (χ3v) is 5.92. The Labute approximate surface area is 229 Å². The summed E-state index contributed by atoms with van der Waals surface area (Å²) in [5.74, 6) is -1.10. The van der Waals surface area contributed by atoms with E-state index in [1.165, 1.54) is 11.0 Å². The average molecular weight is 532 g/mol. The summed E-state index contributed by atoms with van der Waals surface area (Å²) in [7, 11) is 0. The summed E-state index contributed by atoms with van der Waals surface area (Å²) in [4.78, 5) is 41.4. The van der Waals surface area contributed by atoms with Gasteiger partial charge in [-0.25, -0.2) is 4.79 Å². The summed E-state index contributed by atoms with van der Waals surface area (Å²) in [6.45, 7) is 12.0. The second-order valence-corrected chi connectivity index (χ2v) is 10.5. The van der Waals surface area contributed by atoms with E-state index in [2.05, 4.69) is 17.2 Å². The van der Waals surface area contributed by atoms with Crippen molar-refractivity contribution in [3.8, 4) is 0 Å². The highest BCUT2D eigenvalue weighted by atomic mass is 16.6. The number of nitrogens with zero attached hydrogens (tertiary/aromatic N) is 1. The zero-order valence-electron chi connectivity index (χ0n) is 23.2. The van der Waals surface area contributed by atoms with Gasteiger partial charge < -0.3 is 25.4 Å². The Balaban J connectivity index is 2.00. The molecule has 0 aliphatic carbocycles. The molecule has 3 aromatic carbocycles. The largest absolute Gasteiger partial charge is 0.444 e. The second kappa shape index (κ2) is 12.6. The van der Waals surface area contributed by atoms with Gasteiger partial charge in [0.15, 0.2) is 0 Å². The SMILES string of the molecule is C=CCN(C(=O)C(CO)NC(=O)OC(C)(C)C)C(C(=O)Nc1ccc2ccccc2c1)c1cc(C)cc(C)c1. The highest BCUT2D eigenvalue weighted by Crippen LogP contribution is 2.27. The molecule has 2 unspecified atom stereocenters. The number of alkyl carbamates (subject to hydrolysis) is 1. The molecule has 8 nitrogen and oxygen atoms in total. The van der Waals surface area contributed by atoms with Crippen LogP contribution in [0.1, 0.15) is 43.5 Å². The molecule has 8 heteroatoms. The van der Waals surface area contributed by atoms with E-state index in [9.17, 15) is 19.5 Å². The lowest BCUT2D eigenvalue weighted by atomic mass is 9.98. The van der Waals surface area contributed by atoms with Gasteiger partial charge in [0.25, 0.3) is 5.91 Å². The molecule has 2 atom stereocenters. The molecule has 3 rings (SSSR count). The number of hydrogen-bond donors (Lipinski definition) is 3. The summed E-state index contributed by atoms with van der Waals surface area (Å²) in [5.41, 5.74) is 2.21. The molecular weight excluding hydrogens is 494 g/mol. The normalized spacial score (nSPS) is 12.8. The minimum Gasteiger partial charge on any atom is -0.444 e. The molecule has 0 saturated heterocycles. The quantitative estimate of drug-likeness (QED) is 0.336. The first-order valence-corrected chi connectivity index (χ1v) is 12.8. The van der Waals surface area contributed by atoms with Crippen molar-refractivity contribution in [2.24, 2.45) is 0 Å². The fraction of sp³-hybridized carbons (Fsp3) is 0.323. The van der Waals surface area contributed by atoms with Gasteiger partial charge in [-0.05, 0) is 63.1 Å². The lowest BCUT2D eigenvalue weighted by Gasteiger charge is -2.33. The van der Waals surface area contributed by atoms with Crippen LogP contribution in [0.4, 0.5) is 10.5 Å². The lowest BCUT2D eigenvalue weighted by Crippen LogP contribution is -2.53. The molecule has 0 aromatic heterocycles. The smallest absolute Gasteiger partial charge is 0.408 e. The number of aryl methyl sites for hydroxylation is 2. The molecule has 39 heavy (non-hydrogen) atoms. The van der Waals surface area contributed by atoms with Crippen LogP contribution < -0.4 is 10.6 Å². The van der Waals surface area contributed by atoms with Crippen molar-refractivity contribution in [3.63, 3.8) is 0 Å². The van der Waals surface area contributed by atoms with Crippen LogP contribution in [0.15, 0.2) is 73.3 Å². The Morgan fingerprint density at radius 3 is 2.23 bits per heavy atom. The minimum atomic E-state index is -1.33. The molecule has 0 saturated carbocycles. The van der Waals surface area contributed by atoms with Crippen molar-refractivity contribution < 1.29 is 24.2 Å². The van der Waals surface area contributed by atoms with E-state index in [0.29, 0.717) is 11.3 Å². The molecule has 206 valence electrons. The number of aliphatic hydroxyl groups excluding tert-OH is 1. The number of carbonyl (C=O) groups is 3. The van der Waals surface area contributed by atoms with Gasteiger partial charge in [-0.2, -0.15) is 0 Å². The van der Waals surface area contributed by atoms with E-state index in [1.807, 2.05) is 68.4 Å². The third kappa shape index (κ3) is 7.91. The van der Waals surface area contributed by atoms with Crippen LogP contribution in [0.2, 0.25) is 0 Å². The number of rotatable bonds is 9. The van der Waals surface area contributed by atoms with Crippen LogP contribution in [0.3, 0.4) is 0 Å². The van der Waals surface area contributed by atoms with Crippen molar-refractivity contribution in [1.29, 1.82) is 0 Å². The number of benzene rings is 3. The first kappa shape index (κ1) is 29.4. The van der Waals surface area contributed by atoms with Crippen molar-refractivity contribution in [1.82, 2.24) is 10.2 Å². The first-order chi connectivity index (χ1) is 18.4. The molecule has 3 amide bonds. The summed E-state index contributed by atoms with van der Waals surface area (Å²) in [6, 6.07) is 16.6. The summed E-state index contributed by atoms with van der Waals surface area (Å²) in [5, 5.41) is 17.4. The Morgan fingerprint density at radius 1 is 1.00 bits per heavy atom. The van der Waals surface area contributed by atoms with Gasteiger partial charge in [0, 0.05) is 12.2 Å². The van der Waals surface area contributed by atoms with Crippen molar-refractivity contribution in [3.05, 3.63) is 90.0 Å². The van der Waals surface area contributed by atoms with Crippen LogP contribution >= 0.6 is 0 Å². The molecule has 0 fully saturated rings. The van der Waals surface area contributed by atoms with Gasteiger partial charge in [-0.1, -0.05) is 65.7 Å². The first-order valence-electron chi connectivity index (χ1n) is 12.8. The van der Waals surface area contributed by atoms with Gasteiger partial charge in [0.1, 0.15) is 17.7 Å². The third-order valence-electron chi connectivity index (χ3n) is 5.92. The highest BCUT2D eigenvalue weighted by Gasteiger charge is 2.36. The summed E-state index contributed by atoms with van der Waals surface area (Å²) >= 11 is 0. The molecule has 0 bridgehead atoms.